The van der Waals surface area contributed by atoms with Gasteiger partial charge in [0.2, 0.25) is 5.88 Å². The van der Waals surface area contributed by atoms with E-state index in [0.29, 0.717) is 23.5 Å². The van der Waals surface area contributed by atoms with Gasteiger partial charge in [0.25, 0.3) is 15.9 Å². The zero-order chi connectivity index (χ0) is 20.9. The Bertz CT molecular complexity index is 1110. The summed E-state index contributed by atoms with van der Waals surface area (Å²) in [6, 6.07) is 12.9. The molecule has 1 amide bonds. The number of nitrogens with zero attached hydrogens (tertiary/aromatic N) is 1. The van der Waals surface area contributed by atoms with Gasteiger partial charge >= 0.3 is 0 Å². The van der Waals surface area contributed by atoms with Gasteiger partial charge in [-0.05, 0) is 58.4 Å². The second kappa shape index (κ2) is 9.21. The zero-order valence-electron chi connectivity index (χ0n) is 15.0. The lowest BCUT2D eigenvalue weighted by atomic mass is 10.2. The summed E-state index contributed by atoms with van der Waals surface area (Å²) in [6.45, 7) is 3.94. The van der Waals surface area contributed by atoms with Gasteiger partial charge in [-0.1, -0.05) is 6.08 Å². The Hall–Kier alpha value is -2.69. The number of hydrogen-bond donors (Lipinski definition) is 2. The summed E-state index contributed by atoms with van der Waals surface area (Å²) in [6.07, 6.45) is 2.97. The third-order valence-electron chi connectivity index (χ3n) is 3.55. The Morgan fingerprint density at radius 1 is 1.17 bits per heavy atom. The van der Waals surface area contributed by atoms with Gasteiger partial charge in [-0.25, -0.2) is 13.4 Å². The molecule has 0 saturated heterocycles. The van der Waals surface area contributed by atoms with Crippen LogP contribution in [0.15, 0.2) is 75.4 Å². The van der Waals surface area contributed by atoms with Crippen molar-refractivity contribution in [1.29, 1.82) is 0 Å². The molecule has 0 aliphatic carbocycles. The number of anilines is 1. The van der Waals surface area contributed by atoms with E-state index in [1.165, 1.54) is 12.3 Å². The minimum Gasteiger partial charge on any atom is -0.439 e. The van der Waals surface area contributed by atoms with E-state index < -0.39 is 10.0 Å². The second-order valence-corrected chi connectivity index (χ2v) is 10.0. The Kier molecular flexibility index (Phi) is 6.68. The van der Waals surface area contributed by atoms with Crippen molar-refractivity contribution in [2.75, 3.05) is 11.3 Å². The molecule has 0 bridgehead atoms. The quantitative estimate of drug-likeness (QED) is 0.452. The summed E-state index contributed by atoms with van der Waals surface area (Å²) in [5, 5.41) is 2.69. The van der Waals surface area contributed by atoms with E-state index >= 15 is 0 Å². The van der Waals surface area contributed by atoms with Crippen LogP contribution in [0.4, 0.5) is 5.69 Å². The monoisotopic (exact) mass is 493 g/mol. The number of sulfonamides is 1. The van der Waals surface area contributed by atoms with E-state index in [-0.39, 0.29) is 16.0 Å². The maximum Gasteiger partial charge on any atom is 0.271 e. The molecule has 0 fully saturated rings. The predicted molar refractivity (Wildman–Crippen MR) is 116 cm³/mol. The van der Waals surface area contributed by atoms with Crippen LogP contribution in [0.3, 0.4) is 0 Å². The Morgan fingerprint density at radius 3 is 2.52 bits per heavy atom. The molecule has 0 radical (unpaired) electrons. The van der Waals surface area contributed by atoms with E-state index in [0.717, 1.165) is 15.1 Å². The summed E-state index contributed by atoms with van der Waals surface area (Å²) in [5.74, 6) is 0.578. The fourth-order valence-electron chi connectivity index (χ4n) is 2.21. The van der Waals surface area contributed by atoms with E-state index in [9.17, 15) is 13.2 Å². The molecule has 0 unspecified atom stereocenters. The molecule has 2 N–H and O–H groups in total. The molecule has 7 nitrogen and oxygen atoms in total. The van der Waals surface area contributed by atoms with Crippen molar-refractivity contribution in [1.82, 2.24) is 10.3 Å². The van der Waals surface area contributed by atoms with Gasteiger partial charge in [0.15, 0.2) is 0 Å². The molecule has 10 heteroatoms. The molecule has 2 aromatic heterocycles. The summed E-state index contributed by atoms with van der Waals surface area (Å²) >= 11 is 4.36. The van der Waals surface area contributed by atoms with E-state index in [2.05, 4.69) is 37.5 Å². The van der Waals surface area contributed by atoms with Gasteiger partial charge in [0.1, 0.15) is 9.96 Å². The molecule has 0 atom stereocenters. The highest BCUT2D eigenvalue weighted by molar-refractivity contribution is 9.11. The van der Waals surface area contributed by atoms with Crippen molar-refractivity contribution in [3.63, 3.8) is 0 Å². The summed E-state index contributed by atoms with van der Waals surface area (Å²) in [5.41, 5.74) is 0.813. The van der Waals surface area contributed by atoms with Crippen LogP contribution < -0.4 is 14.8 Å². The molecular formula is C19H16BrN3O4S2. The second-order valence-electron chi connectivity index (χ2n) is 5.67. The van der Waals surface area contributed by atoms with Crippen molar-refractivity contribution >= 4 is 48.9 Å². The van der Waals surface area contributed by atoms with Crippen LogP contribution in [-0.4, -0.2) is 25.9 Å². The molecule has 2 heterocycles. The first kappa shape index (κ1) is 21.0. The highest BCUT2D eigenvalue weighted by Gasteiger charge is 2.17. The maximum absolute atomic E-state index is 12.3. The highest BCUT2D eigenvalue weighted by Crippen LogP contribution is 2.28. The molecule has 1 aromatic carbocycles. The normalized spacial score (nSPS) is 10.9. The van der Waals surface area contributed by atoms with Gasteiger partial charge in [-0.2, -0.15) is 0 Å². The average Bonchev–Trinajstić information content (AvgIpc) is 3.15. The smallest absolute Gasteiger partial charge is 0.271 e. The molecule has 0 spiro atoms. The number of hydrogen-bond acceptors (Lipinski definition) is 6. The highest BCUT2D eigenvalue weighted by atomic mass is 79.9. The van der Waals surface area contributed by atoms with Crippen LogP contribution in [0.2, 0.25) is 0 Å². The minimum absolute atomic E-state index is 0.196. The molecular weight excluding hydrogens is 478 g/mol. The molecule has 3 rings (SSSR count). The summed E-state index contributed by atoms with van der Waals surface area (Å²) in [4.78, 5) is 16.0. The summed E-state index contributed by atoms with van der Waals surface area (Å²) < 4.78 is 33.7. The first-order chi connectivity index (χ1) is 13.9. The van der Waals surface area contributed by atoms with E-state index in [4.69, 9.17) is 4.74 Å². The zero-order valence-corrected chi connectivity index (χ0v) is 18.2. The maximum atomic E-state index is 12.3. The number of nitrogens with one attached hydrogen (secondary N) is 2. The molecule has 29 heavy (non-hydrogen) atoms. The molecule has 3 aromatic rings. The standard InChI is InChI=1S/C19H16BrN3O4S2/c1-2-11-21-19(24)13-3-6-15(7-4-13)27-17-9-5-14(12-22-17)23-29(25,26)18-10-8-16(20)28-18/h2-10,12,23H,1,11H2,(H,21,24). The fourth-order valence-corrected chi connectivity index (χ4v) is 5.26. The van der Waals surface area contributed by atoms with Crippen molar-refractivity contribution in [2.24, 2.45) is 0 Å². The lowest BCUT2D eigenvalue weighted by molar-refractivity contribution is 0.0958. The topological polar surface area (TPSA) is 97.4 Å². The number of pyridine rings is 1. The van der Waals surface area contributed by atoms with Crippen molar-refractivity contribution in [3.8, 4) is 11.6 Å². The fraction of sp³-hybridized carbons (Fsp3) is 0.0526. The average molecular weight is 494 g/mol. The number of carbonyl (C=O) groups excluding carboxylic acids is 1. The van der Waals surface area contributed by atoms with Crippen LogP contribution in [0.1, 0.15) is 10.4 Å². The minimum atomic E-state index is -3.67. The number of carbonyl (C=O) groups is 1. The first-order valence-electron chi connectivity index (χ1n) is 8.28. The Balaban J connectivity index is 1.63. The SMILES string of the molecule is C=CCNC(=O)c1ccc(Oc2ccc(NS(=O)(=O)c3ccc(Br)s3)cn2)cc1. The molecule has 0 aliphatic rings. The van der Waals surface area contributed by atoms with E-state index in [1.807, 2.05) is 0 Å². The Labute approximate surface area is 180 Å². The van der Waals surface area contributed by atoms with Crippen LogP contribution in [-0.2, 0) is 10.0 Å². The lowest BCUT2D eigenvalue weighted by Gasteiger charge is -2.08. The number of rotatable bonds is 8. The number of aromatic nitrogens is 1. The van der Waals surface area contributed by atoms with Crippen LogP contribution in [0.5, 0.6) is 11.6 Å². The van der Waals surface area contributed by atoms with Crippen LogP contribution >= 0.6 is 27.3 Å². The van der Waals surface area contributed by atoms with Crippen LogP contribution in [0.25, 0.3) is 0 Å². The van der Waals surface area contributed by atoms with Gasteiger partial charge in [-0.3, -0.25) is 9.52 Å². The third kappa shape index (κ3) is 5.66. The first-order valence-corrected chi connectivity index (χ1v) is 11.4. The van der Waals surface area contributed by atoms with Crippen molar-refractivity contribution < 1.29 is 17.9 Å². The number of halogens is 1. The van der Waals surface area contributed by atoms with Crippen molar-refractivity contribution in [3.05, 3.63) is 76.7 Å². The number of ether oxygens (including phenoxy) is 1. The van der Waals surface area contributed by atoms with Crippen molar-refractivity contribution in [2.45, 2.75) is 4.21 Å². The lowest BCUT2D eigenvalue weighted by Crippen LogP contribution is -2.22. The number of benzene rings is 1. The van der Waals surface area contributed by atoms with Crippen LogP contribution in [0, 0.1) is 0 Å². The Morgan fingerprint density at radius 2 is 1.93 bits per heavy atom. The van der Waals surface area contributed by atoms with Gasteiger partial charge in [0.05, 0.1) is 15.7 Å². The largest absolute Gasteiger partial charge is 0.439 e. The van der Waals surface area contributed by atoms with Gasteiger partial charge in [-0.15, -0.1) is 17.9 Å². The third-order valence-corrected chi connectivity index (χ3v) is 7.04. The summed E-state index contributed by atoms with van der Waals surface area (Å²) in [7, 11) is -3.67. The van der Waals surface area contributed by atoms with Gasteiger partial charge < -0.3 is 10.1 Å². The predicted octanol–water partition coefficient (Wildman–Crippen LogP) is 4.41. The number of thiophene rings is 1. The van der Waals surface area contributed by atoms with Gasteiger partial charge in [0, 0.05) is 18.2 Å². The van der Waals surface area contributed by atoms with E-state index in [1.54, 1.807) is 48.5 Å². The number of amides is 1. The molecule has 0 saturated carbocycles. The molecule has 0 aliphatic heterocycles. The molecule has 150 valence electrons.